The van der Waals surface area contributed by atoms with E-state index in [4.69, 9.17) is 14.8 Å². The van der Waals surface area contributed by atoms with E-state index < -0.39 is 5.97 Å². The van der Waals surface area contributed by atoms with Crippen LogP contribution in [0.1, 0.15) is 35.9 Å². The van der Waals surface area contributed by atoms with Crippen molar-refractivity contribution in [2.24, 2.45) is 5.92 Å². The monoisotopic (exact) mass is 422 g/mol. The van der Waals surface area contributed by atoms with Crippen LogP contribution in [0.5, 0.6) is 0 Å². The van der Waals surface area contributed by atoms with E-state index in [1.54, 1.807) is 6.20 Å². The molecule has 2 bridgehead atoms. The average Bonchev–Trinajstić information content (AvgIpc) is 3.36. The first-order chi connectivity index (χ1) is 15.0. The highest BCUT2D eigenvalue weighted by Crippen LogP contribution is 2.56. The highest BCUT2D eigenvalue weighted by Gasteiger charge is 2.57. The zero-order valence-electron chi connectivity index (χ0n) is 17.5. The topological polar surface area (TPSA) is 104 Å². The molecule has 3 unspecified atom stereocenters. The summed E-state index contributed by atoms with van der Waals surface area (Å²) >= 11 is 0. The number of nitrogens with zero attached hydrogens (tertiary/aromatic N) is 5. The summed E-state index contributed by atoms with van der Waals surface area (Å²) in [6, 6.07) is 4.83. The Labute approximate surface area is 180 Å². The lowest BCUT2D eigenvalue weighted by atomic mass is 9.98. The van der Waals surface area contributed by atoms with Crippen LogP contribution in [0.2, 0.25) is 0 Å². The van der Waals surface area contributed by atoms with Crippen molar-refractivity contribution in [3.63, 3.8) is 0 Å². The molecule has 4 aliphatic rings. The van der Waals surface area contributed by atoms with E-state index in [0.29, 0.717) is 18.6 Å². The van der Waals surface area contributed by atoms with E-state index >= 15 is 0 Å². The molecule has 3 fully saturated rings. The lowest BCUT2D eigenvalue weighted by molar-refractivity contribution is 0.0213. The molecule has 9 heteroatoms. The molecule has 4 atom stereocenters. The van der Waals surface area contributed by atoms with Gasteiger partial charge in [-0.2, -0.15) is 0 Å². The van der Waals surface area contributed by atoms with Crippen molar-refractivity contribution in [1.82, 2.24) is 15.0 Å². The van der Waals surface area contributed by atoms with Gasteiger partial charge in [0.25, 0.3) is 0 Å². The van der Waals surface area contributed by atoms with Gasteiger partial charge in [0.2, 0.25) is 0 Å². The third-order valence-corrected chi connectivity index (χ3v) is 7.35. The normalized spacial score (nSPS) is 31.2. The van der Waals surface area contributed by atoms with Crippen molar-refractivity contribution in [3.8, 4) is 0 Å². The van der Waals surface area contributed by atoms with Gasteiger partial charge in [0.15, 0.2) is 11.5 Å². The Hall–Kier alpha value is -2.94. The summed E-state index contributed by atoms with van der Waals surface area (Å²) in [7, 11) is 0. The third-order valence-electron chi connectivity index (χ3n) is 7.35. The second-order valence-corrected chi connectivity index (χ2v) is 9.29. The van der Waals surface area contributed by atoms with Gasteiger partial charge < -0.3 is 25.0 Å². The lowest BCUT2D eigenvalue weighted by Crippen LogP contribution is -2.45. The number of pyridine rings is 1. The largest absolute Gasteiger partial charge is 0.476 e. The van der Waals surface area contributed by atoms with Crippen molar-refractivity contribution in [2.45, 2.75) is 37.3 Å². The molecule has 5 heterocycles. The maximum atomic E-state index is 11.0. The minimum Gasteiger partial charge on any atom is -0.476 e. The van der Waals surface area contributed by atoms with Crippen molar-refractivity contribution >= 4 is 23.3 Å². The summed E-state index contributed by atoms with van der Waals surface area (Å²) in [6.45, 7) is 6.62. The van der Waals surface area contributed by atoms with Crippen LogP contribution in [0.4, 0.5) is 17.3 Å². The highest BCUT2D eigenvalue weighted by atomic mass is 16.5. The van der Waals surface area contributed by atoms with Crippen LogP contribution >= 0.6 is 0 Å². The van der Waals surface area contributed by atoms with Gasteiger partial charge in [-0.05, 0) is 30.9 Å². The summed E-state index contributed by atoms with van der Waals surface area (Å²) in [4.78, 5) is 29.2. The number of carboxylic acids is 1. The van der Waals surface area contributed by atoms with Crippen LogP contribution in [-0.2, 0) is 10.2 Å². The standard InChI is InChI=1S/C22H26N6O3/c1-22(18-10-23-15(9-24-18)21(29)30)8-14(22)17-12-28(6-7-31-17)19-3-2-16-20(26-19)25-13-4-5-27(16)11-13/h2-3,9-10,13-14,17H,4-8,11-12H2,1H3,(H,25,26)(H,29,30)/t13-,14?,17?,22?/m0/s1. The Morgan fingerprint density at radius 2 is 2.13 bits per heavy atom. The third kappa shape index (κ3) is 3.10. The highest BCUT2D eigenvalue weighted by molar-refractivity contribution is 5.84. The number of anilines is 3. The van der Waals surface area contributed by atoms with E-state index in [-0.39, 0.29) is 17.2 Å². The fourth-order valence-electron chi connectivity index (χ4n) is 5.36. The molecule has 0 radical (unpaired) electrons. The number of carbonyl (C=O) groups is 1. The zero-order chi connectivity index (χ0) is 21.2. The second-order valence-electron chi connectivity index (χ2n) is 9.29. The number of aromatic carboxylic acids is 1. The molecule has 0 amide bonds. The van der Waals surface area contributed by atoms with Crippen LogP contribution in [0.3, 0.4) is 0 Å². The molecule has 6 rings (SSSR count). The summed E-state index contributed by atoms with van der Waals surface area (Å²) in [5.41, 5.74) is 1.89. The minimum absolute atomic E-state index is 0.0264. The predicted octanol–water partition coefficient (Wildman–Crippen LogP) is 1.76. The molecule has 2 aromatic heterocycles. The van der Waals surface area contributed by atoms with Gasteiger partial charge in [0, 0.05) is 43.8 Å². The van der Waals surface area contributed by atoms with Crippen molar-refractivity contribution < 1.29 is 14.6 Å². The van der Waals surface area contributed by atoms with Crippen LogP contribution in [-0.4, -0.2) is 71.0 Å². The molecule has 1 aliphatic carbocycles. The SMILES string of the molecule is CC1(c2cnc(C(=O)O)cn2)CC1C1CN(c2ccc3c(n2)N[C@H]2CCN3C2)CCO1. The predicted molar refractivity (Wildman–Crippen MR) is 115 cm³/mol. The Bertz CT molecular complexity index is 1030. The van der Waals surface area contributed by atoms with Crippen LogP contribution < -0.4 is 15.1 Å². The number of morpholine rings is 1. The van der Waals surface area contributed by atoms with Crippen molar-refractivity contribution in [2.75, 3.05) is 47.9 Å². The Kier molecular flexibility index (Phi) is 4.11. The van der Waals surface area contributed by atoms with E-state index in [0.717, 1.165) is 49.9 Å². The summed E-state index contributed by atoms with van der Waals surface area (Å²) in [6.07, 6.45) is 5.17. The average molecular weight is 422 g/mol. The smallest absolute Gasteiger partial charge is 0.356 e. The van der Waals surface area contributed by atoms with E-state index in [1.165, 1.54) is 18.3 Å². The van der Waals surface area contributed by atoms with Crippen molar-refractivity contribution in [1.29, 1.82) is 0 Å². The van der Waals surface area contributed by atoms with Gasteiger partial charge >= 0.3 is 5.97 Å². The Morgan fingerprint density at radius 1 is 1.23 bits per heavy atom. The maximum absolute atomic E-state index is 11.0. The first-order valence-corrected chi connectivity index (χ1v) is 11.0. The van der Waals surface area contributed by atoms with Gasteiger partial charge in [0.1, 0.15) is 5.82 Å². The van der Waals surface area contributed by atoms with Gasteiger partial charge in [0.05, 0.1) is 30.3 Å². The first kappa shape index (κ1) is 18.8. The van der Waals surface area contributed by atoms with Crippen LogP contribution in [0, 0.1) is 5.92 Å². The number of ether oxygens (including phenoxy) is 1. The molecule has 2 N–H and O–H groups in total. The molecule has 0 spiro atoms. The number of nitrogens with one attached hydrogen (secondary N) is 1. The number of hydrogen-bond donors (Lipinski definition) is 2. The molecule has 31 heavy (non-hydrogen) atoms. The van der Waals surface area contributed by atoms with Gasteiger partial charge in [-0.25, -0.2) is 14.8 Å². The molecule has 2 saturated heterocycles. The number of hydrogen-bond acceptors (Lipinski definition) is 8. The molecule has 2 aromatic rings. The molecule has 0 aromatic carbocycles. The maximum Gasteiger partial charge on any atom is 0.356 e. The molecule has 162 valence electrons. The quantitative estimate of drug-likeness (QED) is 0.763. The molecule has 9 nitrogen and oxygen atoms in total. The molecular weight excluding hydrogens is 396 g/mol. The molecular formula is C22H26N6O3. The fraction of sp³-hybridized carbons (Fsp3) is 0.545. The lowest BCUT2D eigenvalue weighted by Gasteiger charge is -2.36. The van der Waals surface area contributed by atoms with Gasteiger partial charge in [-0.1, -0.05) is 6.92 Å². The van der Waals surface area contributed by atoms with Crippen LogP contribution in [0.25, 0.3) is 0 Å². The fourth-order valence-corrected chi connectivity index (χ4v) is 5.36. The second kappa shape index (κ2) is 6.78. The summed E-state index contributed by atoms with van der Waals surface area (Å²) in [5.74, 6) is 1.27. The zero-order valence-corrected chi connectivity index (χ0v) is 17.5. The van der Waals surface area contributed by atoms with E-state index in [2.05, 4.69) is 44.1 Å². The van der Waals surface area contributed by atoms with Crippen LogP contribution in [0.15, 0.2) is 24.5 Å². The number of fused-ring (bicyclic) bond motifs is 4. The number of aromatic nitrogens is 3. The van der Waals surface area contributed by atoms with Crippen molar-refractivity contribution in [3.05, 3.63) is 35.9 Å². The first-order valence-electron chi connectivity index (χ1n) is 11.0. The molecule has 3 aliphatic heterocycles. The summed E-state index contributed by atoms with van der Waals surface area (Å²) < 4.78 is 6.15. The summed E-state index contributed by atoms with van der Waals surface area (Å²) in [5, 5.41) is 12.6. The number of carboxylic acid groups (broad SMARTS) is 1. The Balaban J connectivity index is 1.17. The van der Waals surface area contributed by atoms with E-state index in [9.17, 15) is 4.79 Å². The molecule has 1 saturated carbocycles. The van der Waals surface area contributed by atoms with E-state index in [1.807, 2.05) is 0 Å². The van der Waals surface area contributed by atoms with Gasteiger partial charge in [-0.3, -0.25) is 4.98 Å². The Morgan fingerprint density at radius 3 is 2.94 bits per heavy atom. The number of rotatable bonds is 4. The van der Waals surface area contributed by atoms with Gasteiger partial charge in [-0.15, -0.1) is 0 Å². The minimum atomic E-state index is -1.06.